The van der Waals surface area contributed by atoms with Crippen molar-refractivity contribution in [1.82, 2.24) is 35.3 Å². The molecule has 0 radical (unpaired) electrons. The van der Waals surface area contributed by atoms with Crippen molar-refractivity contribution in [2.75, 3.05) is 63.8 Å². The van der Waals surface area contributed by atoms with Gasteiger partial charge < -0.3 is 19.9 Å². The van der Waals surface area contributed by atoms with Crippen LogP contribution in [0.25, 0.3) is 22.3 Å². The minimum Gasteiger partial charge on any atom is -0.488 e. The molecular formula is C32H46N8O. The highest BCUT2D eigenvalue weighted by Gasteiger charge is 2.40. The number of piperidine rings is 2. The Balaban J connectivity index is 0.953. The highest BCUT2D eigenvalue weighted by Crippen LogP contribution is 2.40. The standard InChI is InChI=1S/C32H46N8O/c1-23-19-40(16-15-39(23)21-25-7-13-38(14-8-25)20-24-5-11-33-12-6-24)30-18-29(34-22-35-30)31-27-17-26(41-32(2)9-10-32)3-4-28(27)36-37-31/h3-4,17-18,22-25,33H,5-16,19-21H2,1-2H3,(H,36,37)/t23-/m0/s1. The summed E-state index contributed by atoms with van der Waals surface area (Å²) in [6, 6.07) is 8.78. The largest absolute Gasteiger partial charge is 0.488 e. The van der Waals surface area contributed by atoms with Crippen molar-refractivity contribution in [3.8, 4) is 17.1 Å². The fraction of sp³-hybridized carbons (Fsp3) is 0.656. The number of piperazine rings is 1. The topological polar surface area (TPSA) is 85.4 Å². The normalized spacial score (nSPS) is 24.6. The summed E-state index contributed by atoms with van der Waals surface area (Å²) < 4.78 is 6.22. The maximum absolute atomic E-state index is 6.22. The van der Waals surface area contributed by atoms with Crippen LogP contribution in [0.15, 0.2) is 30.6 Å². The van der Waals surface area contributed by atoms with E-state index in [1.165, 1.54) is 65.0 Å². The molecule has 0 amide bonds. The van der Waals surface area contributed by atoms with E-state index in [-0.39, 0.29) is 5.60 Å². The molecule has 0 unspecified atom stereocenters. The first-order chi connectivity index (χ1) is 20.0. The van der Waals surface area contributed by atoms with Crippen LogP contribution in [0.5, 0.6) is 5.75 Å². The van der Waals surface area contributed by atoms with Crippen molar-refractivity contribution in [2.45, 2.75) is 64.0 Å². The molecule has 1 aliphatic carbocycles. The minimum atomic E-state index is -0.0115. The van der Waals surface area contributed by atoms with Gasteiger partial charge in [0.25, 0.3) is 0 Å². The van der Waals surface area contributed by atoms with Crippen LogP contribution < -0.4 is 15.0 Å². The Morgan fingerprint density at radius 1 is 0.951 bits per heavy atom. The Bertz CT molecular complexity index is 1320. The molecular weight excluding hydrogens is 512 g/mol. The monoisotopic (exact) mass is 558 g/mol. The van der Waals surface area contributed by atoms with Crippen LogP contribution in [0, 0.1) is 11.8 Å². The fourth-order valence-electron chi connectivity index (χ4n) is 7.05. The van der Waals surface area contributed by atoms with E-state index in [4.69, 9.17) is 4.74 Å². The minimum absolute atomic E-state index is 0.0115. The zero-order valence-corrected chi connectivity index (χ0v) is 24.8. The van der Waals surface area contributed by atoms with Crippen molar-refractivity contribution in [3.63, 3.8) is 0 Å². The molecule has 2 N–H and O–H groups in total. The molecule has 4 fully saturated rings. The number of aromatic nitrogens is 4. The number of rotatable bonds is 8. The highest BCUT2D eigenvalue weighted by molar-refractivity contribution is 5.93. The lowest BCUT2D eigenvalue weighted by Gasteiger charge is -2.43. The van der Waals surface area contributed by atoms with Gasteiger partial charge >= 0.3 is 0 Å². The van der Waals surface area contributed by atoms with Crippen molar-refractivity contribution in [3.05, 3.63) is 30.6 Å². The molecule has 5 heterocycles. The Labute approximate surface area is 244 Å². The SMILES string of the molecule is C[C@H]1CN(c2cc(-c3n[nH]c4ccc(OC5(C)CC5)cc34)ncn2)CCN1CC1CCN(CC2CCNCC2)CC1. The molecule has 7 rings (SSSR count). The van der Waals surface area contributed by atoms with E-state index in [1.807, 2.05) is 12.1 Å². The quantitative estimate of drug-likeness (QED) is 0.426. The lowest BCUT2D eigenvalue weighted by atomic mass is 9.92. The van der Waals surface area contributed by atoms with E-state index in [9.17, 15) is 0 Å². The molecule has 1 atom stereocenters. The van der Waals surface area contributed by atoms with Gasteiger partial charge in [0.15, 0.2) is 0 Å². The molecule has 3 saturated heterocycles. The first-order valence-corrected chi connectivity index (χ1v) is 15.9. The Morgan fingerprint density at radius 3 is 2.54 bits per heavy atom. The summed E-state index contributed by atoms with van der Waals surface area (Å²) in [7, 11) is 0. The Hall–Kier alpha value is -2.75. The van der Waals surface area contributed by atoms with Crippen molar-refractivity contribution in [2.24, 2.45) is 11.8 Å². The molecule has 1 saturated carbocycles. The summed E-state index contributed by atoms with van der Waals surface area (Å²) in [4.78, 5) is 17.2. The van der Waals surface area contributed by atoms with E-state index in [1.54, 1.807) is 6.33 Å². The van der Waals surface area contributed by atoms with E-state index < -0.39 is 0 Å². The molecule has 41 heavy (non-hydrogen) atoms. The lowest BCUT2D eigenvalue weighted by molar-refractivity contribution is 0.103. The van der Waals surface area contributed by atoms with Gasteiger partial charge in [-0.15, -0.1) is 0 Å². The maximum Gasteiger partial charge on any atom is 0.132 e. The zero-order chi connectivity index (χ0) is 27.8. The van der Waals surface area contributed by atoms with Gasteiger partial charge in [-0.25, -0.2) is 9.97 Å². The number of nitrogens with zero attached hydrogens (tertiary/aromatic N) is 6. The van der Waals surface area contributed by atoms with Crippen LogP contribution in [0.3, 0.4) is 0 Å². The number of H-pyrrole nitrogens is 1. The molecule has 1 aromatic carbocycles. The predicted octanol–water partition coefficient (Wildman–Crippen LogP) is 4.17. The van der Waals surface area contributed by atoms with E-state index in [2.05, 4.69) is 66.2 Å². The Kier molecular flexibility index (Phi) is 7.60. The molecule has 2 aromatic heterocycles. The third kappa shape index (κ3) is 6.22. The van der Waals surface area contributed by atoms with Crippen LogP contribution >= 0.6 is 0 Å². The van der Waals surface area contributed by atoms with Crippen LogP contribution in [-0.2, 0) is 0 Å². The number of hydrogen-bond donors (Lipinski definition) is 2. The van der Waals surface area contributed by atoms with Crippen molar-refractivity contribution < 1.29 is 4.74 Å². The number of fused-ring (bicyclic) bond motifs is 1. The van der Waals surface area contributed by atoms with Gasteiger partial charge in [0.05, 0.1) is 11.2 Å². The molecule has 3 aliphatic heterocycles. The number of likely N-dealkylation sites (tertiary alicyclic amines) is 1. The fourth-order valence-corrected chi connectivity index (χ4v) is 7.05. The molecule has 0 bridgehead atoms. The summed E-state index contributed by atoms with van der Waals surface area (Å²) in [5.41, 5.74) is 2.69. The van der Waals surface area contributed by atoms with Gasteiger partial charge in [-0.3, -0.25) is 10.00 Å². The van der Waals surface area contributed by atoms with Gasteiger partial charge in [0.1, 0.15) is 29.2 Å². The smallest absolute Gasteiger partial charge is 0.132 e. The van der Waals surface area contributed by atoms with E-state index in [0.717, 1.165) is 78.2 Å². The average molecular weight is 559 g/mol. The van der Waals surface area contributed by atoms with Crippen molar-refractivity contribution in [1.29, 1.82) is 0 Å². The summed E-state index contributed by atoms with van der Waals surface area (Å²) >= 11 is 0. The lowest BCUT2D eigenvalue weighted by Crippen LogP contribution is -2.54. The molecule has 9 nitrogen and oxygen atoms in total. The predicted molar refractivity (Wildman–Crippen MR) is 163 cm³/mol. The number of benzene rings is 1. The van der Waals surface area contributed by atoms with E-state index >= 15 is 0 Å². The third-order valence-corrected chi connectivity index (χ3v) is 10.0. The van der Waals surface area contributed by atoms with E-state index in [0.29, 0.717) is 6.04 Å². The van der Waals surface area contributed by atoms with Gasteiger partial charge in [-0.05, 0) is 109 Å². The molecule has 3 aromatic rings. The molecule has 9 heteroatoms. The van der Waals surface area contributed by atoms with Crippen LogP contribution in [0.4, 0.5) is 5.82 Å². The van der Waals surface area contributed by atoms with Crippen LogP contribution in [-0.4, -0.2) is 101 Å². The molecule has 220 valence electrons. The second kappa shape index (κ2) is 11.5. The summed E-state index contributed by atoms with van der Waals surface area (Å²) in [6.07, 6.45) is 9.30. The Morgan fingerprint density at radius 2 is 1.76 bits per heavy atom. The van der Waals surface area contributed by atoms with Crippen molar-refractivity contribution >= 4 is 16.7 Å². The number of aromatic amines is 1. The van der Waals surface area contributed by atoms with Crippen LogP contribution in [0.2, 0.25) is 0 Å². The van der Waals surface area contributed by atoms with Gasteiger partial charge in [0, 0.05) is 50.2 Å². The second-order valence-corrected chi connectivity index (χ2v) is 13.3. The summed E-state index contributed by atoms with van der Waals surface area (Å²) in [5.74, 6) is 3.61. The average Bonchev–Trinajstić information content (AvgIpc) is 3.57. The first kappa shape index (κ1) is 27.1. The highest BCUT2D eigenvalue weighted by atomic mass is 16.5. The number of ether oxygens (including phenoxy) is 1. The maximum atomic E-state index is 6.22. The number of nitrogens with one attached hydrogen (secondary N) is 2. The molecule has 4 aliphatic rings. The summed E-state index contributed by atoms with van der Waals surface area (Å²) in [5, 5.41) is 12.3. The third-order valence-electron chi connectivity index (χ3n) is 10.0. The van der Waals surface area contributed by atoms with Gasteiger partial charge in [-0.2, -0.15) is 5.10 Å². The van der Waals surface area contributed by atoms with Crippen LogP contribution in [0.1, 0.15) is 52.4 Å². The first-order valence-electron chi connectivity index (χ1n) is 15.9. The zero-order valence-electron chi connectivity index (χ0n) is 24.8. The van der Waals surface area contributed by atoms with Gasteiger partial charge in [-0.1, -0.05) is 0 Å². The molecule has 0 spiro atoms. The second-order valence-electron chi connectivity index (χ2n) is 13.3. The summed E-state index contributed by atoms with van der Waals surface area (Å²) in [6.45, 7) is 15.1. The van der Waals surface area contributed by atoms with Gasteiger partial charge in [0.2, 0.25) is 0 Å². The number of hydrogen-bond acceptors (Lipinski definition) is 8. The number of anilines is 1.